The first-order chi connectivity index (χ1) is 13.7. The number of carbonyl (C=O) groups excluding carboxylic acids is 2. The third-order valence-electron chi connectivity index (χ3n) is 3.91. The summed E-state index contributed by atoms with van der Waals surface area (Å²) in [6.45, 7) is 1.39. The normalized spacial score (nSPS) is 15.3. The van der Waals surface area contributed by atoms with Crippen LogP contribution in [0.5, 0.6) is 11.5 Å². The molecule has 0 saturated carbocycles. The quantitative estimate of drug-likeness (QED) is 0.472. The van der Waals surface area contributed by atoms with Crippen LogP contribution in [0, 0.1) is 0 Å². The summed E-state index contributed by atoms with van der Waals surface area (Å²) in [5, 5.41) is -0.279. The Morgan fingerprint density at radius 2 is 1.64 bits per heavy atom. The maximum atomic E-state index is 12.4. The SMILES string of the molecule is COCCN1C(=O)S/C(=C/c2cccc(OCCOc3ccccc3)c2)C1=O. The van der Waals surface area contributed by atoms with Gasteiger partial charge in [-0.1, -0.05) is 30.3 Å². The summed E-state index contributed by atoms with van der Waals surface area (Å²) in [4.78, 5) is 25.9. The van der Waals surface area contributed by atoms with Crippen LogP contribution < -0.4 is 9.47 Å². The van der Waals surface area contributed by atoms with Crippen molar-refractivity contribution in [1.82, 2.24) is 4.90 Å². The van der Waals surface area contributed by atoms with Gasteiger partial charge in [-0.2, -0.15) is 0 Å². The Morgan fingerprint density at radius 3 is 2.39 bits per heavy atom. The maximum Gasteiger partial charge on any atom is 0.293 e. The topological polar surface area (TPSA) is 65.1 Å². The van der Waals surface area contributed by atoms with Gasteiger partial charge in [0.2, 0.25) is 0 Å². The number of ether oxygens (including phenoxy) is 3. The molecule has 0 atom stereocenters. The zero-order chi connectivity index (χ0) is 19.8. The summed E-state index contributed by atoms with van der Waals surface area (Å²) < 4.78 is 16.3. The molecule has 0 unspecified atom stereocenters. The van der Waals surface area contributed by atoms with Crippen LogP contribution in [-0.4, -0.2) is 49.5 Å². The van der Waals surface area contributed by atoms with Gasteiger partial charge in [0, 0.05) is 7.11 Å². The third kappa shape index (κ3) is 5.37. The third-order valence-corrected chi connectivity index (χ3v) is 4.82. The molecular weight excluding hydrogens is 378 g/mol. The molecule has 1 fully saturated rings. The minimum absolute atomic E-state index is 0.253. The lowest BCUT2D eigenvalue weighted by molar-refractivity contribution is -0.123. The molecule has 0 spiro atoms. The monoisotopic (exact) mass is 399 g/mol. The van der Waals surface area contributed by atoms with E-state index >= 15 is 0 Å². The van der Waals surface area contributed by atoms with E-state index in [0.29, 0.717) is 30.5 Å². The second kappa shape index (κ2) is 9.96. The summed E-state index contributed by atoms with van der Waals surface area (Å²) in [5.41, 5.74) is 0.790. The number of carbonyl (C=O) groups is 2. The van der Waals surface area contributed by atoms with Crippen LogP contribution >= 0.6 is 11.8 Å². The Balaban J connectivity index is 1.56. The van der Waals surface area contributed by atoms with Gasteiger partial charge in [-0.05, 0) is 47.7 Å². The molecule has 146 valence electrons. The van der Waals surface area contributed by atoms with Gasteiger partial charge in [0.15, 0.2) is 0 Å². The van der Waals surface area contributed by atoms with E-state index in [1.54, 1.807) is 6.08 Å². The predicted molar refractivity (Wildman–Crippen MR) is 108 cm³/mol. The Labute approximate surface area is 168 Å². The predicted octanol–water partition coefficient (Wildman–Crippen LogP) is 3.83. The van der Waals surface area contributed by atoms with Crippen LogP contribution in [0.1, 0.15) is 5.56 Å². The van der Waals surface area contributed by atoms with E-state index in [9.17, 15) is 9.59 Å². The lowest BCUT2D eigenvalue weighted by atomic mass is 10.2. The van der Waals surface area contributed by atoms with Crippen molar-refractivity contribution in [3.63, 3.8) is 0 Å². The molecule has 3 rings (SSSR count). The minimum atomic E-state index is -0.297. The van der Waals surface area contributed by atoms with Crippen molar-refractivity contribution in [2.45, 2.75) is 0 Å². The second-order valence-corrected chi connectivity index (χ2v) is 6.90. The highest BCUT2D eigenvalue weighted by Gasteiger charge is 2.34. The number of hydrogen-bond donors (Lipinski definition) is 0. The van der Waals surface area contributed by atoms with E-state index in [0.717, 1.165) is 23.1 Å². The van der Waals surface area contributed by atoms with Crippen molar-refractivity contribution in [2.75, 3.05) is 33.5 Å². The van der Waals surface area contributed by atoms with Gasteiger partial charge in [0.25, 0.3) is 11.1 Å². The van der Waals surface area contributed by atoms with Crippen molar-refractivity contribution in [3.05, 3.63) is 65.1 Å². The van der Waals surface area contributed by atoms with Crippen LogP contribution in [0.15, 0.2) is 59.5 Å². The number of methoxy groups -OCH3 is 1. The van der Waals surface area contributed by atoms with Crippen LogP contribution in [0.2, 0.25) is 0 Å². The summed E-state index contributed by atoms with van der Waals surface area (Å²) in [5.74, 6) is 1.17. The molecule has 7 heteroatoms. The van der Waals surface area contributed by atoms with E-state index in [1.807, 2.05) is 54.6 Å². The molecule has 0 aromatic heterocycles. The van der Waals surface area contributed by atoms with Gasteiger partial charge < -0.3 is 14.2 Å². The smallest absolute Gasteiger partial charge is 0.293 e. The molecule has 0 radical (unpaired) electrons. The lowest BCUT2D eigenvalue weighted by Crippen LogP contribution is -2.31. The lowest BCUT2D eigenvalue weighted by Gasteiger charge is -2.10. The van der Waals surface area contributed by atoms with Crippen molar-refractivity contribution in [2.24, 2.45) is 0 Å². The molecule has 2 aromatic rings. The van der Waals surface area contributed by atoms with Gasteiger partial charge in [0.1, 0.15) is 24.7 Å². The number of imide groups is 1. The zero-order valence-corrected chi connectivity index (χ0v) is 16.3. The number of rotatable bonds is 9. The van der Waals surface area contributed by atoms with Crippen molar-refractivity contribution in [1.29, 1.82) is 0 Å². The van der Waals surface area contributed by atoms with Crippen LogP contribution in [-0.2, 0) is 9.53 Å². The fourth-order valence-corrected chi connectivity index (χ4v) is 3.42. The molecule has 1 heterocycles. The van der Waals surface area contributed by atoms with E-state index < -0.39 is 0 Å². The molecule has 1 aliphatic heterocycles. The average molecular weight is 399 g/mol. The number of thioether (sulfide) groups is 1. The molecule has 0 N–H and O–H groups in total. The van der Waals surface area contributed by atoms with E-state index in [-0.39, 0.29) is 17.7 Å². The number of benzene rings is 2. The summed E-state index contributed by atoms with van der Waals surface area (Å²) >= 11 is 0.934. The molecule has 2 aromatic carbocycles. The summed E-state index contributed by atoms with van der Waals surface area (Å²) in [6, 6.07) is 16.9. The van der Waals surface area contributed by atoms with Crippen molar-refractivity contribution >= 4 is 29.0 Å². The largest absolute Gasteiger partial charge is 0.490 e. The average Bonchev–Trinajstić information content (AvgIpc) is 2.97. The molecule has 0 bridgehead atoms. The van der Waals surface area contributed by atoms with Gasteiger partial charge >= 0.3 is 0 Å². The van der Waals surface area contributed by atoms with Gasteiger partial charge in [0.05, 0.1) is 18.1 Å². The van der Waals surface area contributed by atoms with Crippen LogP contribution in [0.25, 0.3) is 6.08 Å². The Hall–Kier alpha value is -2.77. The maximum absolute atomic E-state index is 12.4. The minimum Gasteiger partial charge on any atom is -0.490 e. The molecule has 0 aliphatic carbocycles. The first-order valence-electron chi connectivity index (χ1n) is 8.82. The number of para-hydroxylation sites is 1. The highest BCUT2D eigenvalue weighted by molar-refractivity contribution is 8.18. The van der Waals surface area contributed by atoms with Crippen LogP contribution in [0.3, 0.4) is 0 Å². The number of hydrogen-bond acceptors (Lipinski definition) is 6. The molecule has 6 nitrogen and oxygen atoms in total. The standard InChI is InChI=1S/C21H21NO5S/c1-25-11-10-22-20(23)19(28-21(22)24)15-16-6-5-9-18(14-16)27-13-12-26-17-7-3-2-4-8-17/h2-9,14-15H,10-13H2,1H3/b19-15+. The first-order valence-corrected chi connectivity index (χ1v) is 9.64. The van der Waals surface area contributed by atoms with Crippen LogP contribution in [0.4, 0.5) is 4.79 Å². The van der Waals surface area contributed by atoms with Crippen molar-refractivity contribution in [3.8, 4) is 11.5 Å². The fourth-order valence-electron chi connectivity index (χ4n) is 2.56. The Morgan fingerprint density at radius 1 is 0.929 bits per heavy atom. The van der Waals surface area contributed by atoms with E-state index in [2.05, 4.69) is 0 Å². The van der Waals surface area contributed by atoms with Gasteiger partial charge in [-0.15, -0.1) is 0 Å². The number of nitrogens with zero attached hydrogens (tertiary/aromatic N) is 1. The molecule has 28 heavy (non-hydrogen) atoms. The summed E-state index contributed by atoms with van der Waals surface area (Å²) in [7, 11) is 1.53. The molecule has 1 aliphatic rings. The molecular formula is C21H21NO5S. The highest BCUT2D eigenvalue weighted by atomic mass is 32.2. The highest BCUT2D eigenvalue weighted by Crippen LogP contribution is 2.32. The fraction of sp³-hybridized carbons (Fsp3) is 0.238. The number of amides is 2. The Kier molecular flexibility index (Phi) is 7.11. The van der Waals surface area contributed by atoms with Crippen molar-refractivity contribution < 1.29 is 23.8 Å². The van der Waals surface area contributed by atoms with Gasteiger partial charge in [-0.3, -0.25) is 14.5 Å². The zero-order valence-electron chi connectivity index (χ0n) is 15.5. The van der Waals surface area contributed by atoms with E-state index in [4.69, 9.17) is 14.2 Å². The Bertz CT molecular complexity index is 853. The molecule has 2 amide bonds. The summed E-state index contributed by atoms with van der Waals surface area (Å²) in [6.07, 6.45) is 1.70. The van der Waals surface area contributed by atoms with E-state index in [1.165, 1.54) is 12.0 Å². The molecule has 1 saturated heterocycles. The first kappa shape index (κ1) is 20.0. The van der Waals surface area contributed by atoms with Gasteiger partial charge in [-0.25, -0.2) is 0 Å². The second-order valence-electron chi connectivity index (χ2n) is 5.91.